The minimum absolute atomic E-state index is 0.168. The number of hydrogen-bond acceptors (Lipinski definition) is 4. The van der Waals surface area contributed by atoms with Gasteiger partial charge in [0, 0.05) is 28.5 Å². The summed E-state index contributed by atoms with van der Waals surface area (Å²) in [5.41, 5.74) is 3.55. The van der Waals surface area contributed by atoms with Crippen LogP contribution in [-0.4, -0.2) is 41.2 Å². The third-order valence-electron chi connectivity index (χ3n) is 6.96. The van der Waals surface area contributed by atoms with Crippen molar-refractivity contribution >= 4 is 46.3 Å². The average molecular weight is 464 g/mol. The Morgan fingerprint density at radius 3 is 2.45 bits per heavy atom. The number of nitrogens with zero attached hydrogens (tertiary/aromatic N) is 2. The number of unbranched alkanes of at least 4 members (excludes halogenated alkanes) is 1. The molecule has 2 aromatic carbocycles. The Balaban J connectivity index is 1.57. The molecule has 33 heavy (non-hydrogen) atoms. The fraction of sp³-hybridized carbons (Fsp3) is 0.346. The molecule has 4 atom stereocenters. The fourth-order valence-corrected chi connectivity index (χ4v) is 5.57. The predicted molar refractivity (Wildman–Crippen MR) is 129 cm³/mol. The Morgan fingerprint density at radius 1 is 1.03 bits per heavy atom. The number of para-hydroxylation sites is 1. The van der Waals surface area contributed by atoms with E-state index in [1.165, 1.54) is 4.90 Å². The number of hydrogen-bond donors (Lipinski definition) is 1. The number of amides is 3. The SMILES string of the molecule is CCCCN1C(=O)C2C(C1=O)C(C(=O)Nc1ccc(Cl)cc1)N1c3ccccc3C(C)=CC21. The molecule has 170 valence electrons. The van der Waals surface area contributed by atoms with Crippen LogP contribution in [0.4, 0.5) is 11.4 Å². The van der Waals surface area contributed by atoms with E-state index in [2.05, 4.69) is 5.32 Å². The highest BCUT2D eigenvalue weighted by Crippen LogP contribution is 2.50. The third-order valence-corrected chi connectivity index (χ3v) is 7.21. The summed E-state index contributed by atoms with van der Waals surface area (Å²) in [6, 6.07) is 13.6. The van der Waals surface area contributed by atoms with Crippen LogP contribution in [0, 0.1) is 11.8 Å². The Bertz CT molecular complexity index is 1160. The average Bonchev–Trinajstić information content (AvgIpc) is 3.27. The molecule has 0 aromatic heterocycles. The highest BCUT2D eigenvalue weighted by molar-refractivity contribution is 6.30. The predicted octanol–water partition coefficient (Wildman–Crippen LogP) is 4.35. The highest BCUT2D eigenvalue weighted by atomic mass is 35.5. The van der Waals surface area contributed by atoms with Gasteiger partial charge in [-0.2, -0.15) is 0 Å². The van der Waals surface area contributed by atoms with Crippen LogP contribution in [0.3, 0.4) is 0 Å². The number of imide groups is 1. The lowest BCUT2D eigenvalue weighted by Gasteiger charge is -2.37. The number of likely N-dealkylation sites (tertiary alicyclic amines) is 1. The van der Waals surface area contributed by atoms with Gasteiger partial charge in [0.25, 0.3) is 0 Å². The van der Waals surface area contributed by atoms with Crippen LogP contribution in [0.5, 0.6) is 0 Å². The number of nitrogens with one attached hydrogen (secondary N) is 1. The summed E-state index contributed by atoms with van der Waals surface area (Å²) in [6.45, 7) is 4.45. The first-order valence-electron chi connectivity index (χ1n) is 11.4. The van der Waals surface area contributed by atoms with Gasteiger partial charge in [-0.05, 0) is 49.2 Å². The van der Waals surface area contributed by atoms with Crippen molar-refractivity contribution in [3.63, 3.8) is 0 Å². The fourth-order valence-electron chi connectivity index (χ4n) is 5.45. The number of halogens is 1. The van der Waals surface area contributed by atoms with Gasteiger partial charge in [-0.1, -0.05) is 49.2 Å². The maximum Gasteiger partial charge on any atom is 0.247 e. The molecule has 1 N–H and O–H groups in total. The number of fused-ring (bicyclic) bond motifs is 5. The second-order valence-electron chi connectivity index (χ2n) is 8.94. The Hall–Kier alpha value is -3.12. The highest BCUT2D eigenvalue weighted by Gasteiger charge is 2.64. The molecule has 6 nitrogen and oxygen atoms in total. The minimum atomic E-state index is -0.788. The van der Waals surface area contributed by atoms with Gasteiger partial charge in [-0.15, -0.1) is 0 Å². The number of allylic oxidation sites excluding steroid dienone is 1. The van der Waals surface area contributed by atoms with E-state index in [1.807, 2.05) is 49.1 Å². The first-order valence-corrected chi connectivity index (χ1v) is 11.8. The summed E-state index contributed by atoms with van der Waals surface area (Å²) in [7, 11) is 0. The van der Waals surface area contributed by atoms with E-state index in [9.17, 15) is 14.4 Å². The van der Waals surface area contributed by atoms with Crippen molar-refractivity contribution in [2.24, 2.45) is 11.8 Å². The van der Waals surface area contributed by atoms with Crippen molar-refractivity contribution in [3.8, 4) is 0 Å². The van der Waals surface area contributed by atoms with Crippen LogP contribution >= 0.6 is 11.6 Å². The minimum Gasteiger partial charge on any atom is -0.351 e. The molecule has 3 aliphatic rings. The molecule has 4 unspecified atom stereocenters. The molecule has 7 heteroatoms. The molecular weight excluding hydrogens is 438 g/mol. The van der Waals surface area contributed by atoms with Crippen LogP contribution < -0.4 is 10.2 Å². The van der Waals surface area contributed by atoms with Gasteiger partial charge in [0.2, 0.25) is 17.7 Å². The van der Waals surface area contributed by atoms with Gasteiger partial charge in [0.05, 0.1) is 17.9 Å². The summed E-state index contributed by atoms with van der Waals surface area (Å²) in [6.07, 6.45) is 3.68. The summed E-state index contributed by atoms with van der Waals surface area (Å²) in [5, 5.41) is 3.52. The third kappa shape index (κ3) is 3.44. The quantitative estimate of drug-likeness (QED) is 0.669. The van der Waals surface area contributed by atoms with Gasteiger partial charge in [0.15, 0.2) is 0 Å². The smallest absolute Gasteiger partial charge is 0.247 e. The zero-order chi connectivity index (χ0) is 23.3. The van der Waals surface area contributed by atoms with Crippen LogP contribution in [0.15, 0.2) is 54.6 Å². The lowest BCUT2D eigenvalue weighted by atomic mass is 9.87. The molecule has 2 aromatic rings. The molecule has 0 aliphatic carbocycles. The van der Waals surface area contributed by atoms with Crippen LogP contribution in [-0.2, 0) is 14.4 Å². The largest absolute Gasteiger partial charge is 0.351 e. The first-order chi connectivity index (χ1) is 15.9. The Labute approximate surface area is 198 Å². The zero-order valence-electron chi connectivity index (χ0n) is 18.6. The van der Waals surface area contributed by atoms with Gasteiger partial charge >= 0.3 is 0 Å². The summed E-state index contributed by atoms with van der Waals surface area (Å²) < 4.78 is 0. The molecule has 5 rings (SSSR count). The molecule has 3 heterocycles. The summed E-state index contributed by atoms with van der Waals surface area (Å²) in [4.78, 5) is 44.0. The van der Waals surface area contributed by atoms with E-state index in [-0.39, 0.29) is 23.8 Å². The van der Waals surface area contributed by atoms with Gasteiger partial charge < -0.3 is 10.2 Å². The second kappa shape index (κ2) is 8.34. The topological polar surface area (TPSA) is 69.7 Å². The van der Waals surface area contributed by atoms with E-state index in [0.29, 0.717) is 17.3 Å². The standard InChI is InChI=1S/C26H26ClN3O3/c1-3-4-13-29-25(32)21-20-14-15(2)18-7-5-6-8-19(18)30(20)23(22(21)26(29)33)24(31)28-17-11-9-16(27)10-12-17/h5-12,14,20-23H,3-4,13H2,1-2H3,(H,28,31). The Morgan fingerprint density at radius 2 is 1.73 bits per heavy atom. The molecule has 2 saturated heterocycles. The normalized spacial score (nSPS) is 25.5. The van der Waals surface area contributed by atoms with Crippen LogP contribution in [0.25, 0.3) is 5.57 Å². The lowest BCUT2D eigenvalue weighted by Crippen LogP contribution is -2.50. The first kappa shape index (κ1) is 21.7. The Kier molecular flexibility index (Phi) is 5.49. The van der Waals surface area contributed by atoms with E-state index < -0.39 is 17.9 Å². The maximum absolute atomic E-state index is 13.7. The monoisotopic (exact) mass is 463 g/mol. The number of anilines is 2. The van der Waals surface area contributed by atoms with Crippen LogP contribution in [0.1, 0.15) is 32.3 Å². The number of carbonyl (C=O) groups is 3. The summed E-state index contributed by atoms with van der Waals surface area (Å²) in [5.74, 6) is -2.00. The molecule has 0 saturated carbocycles. The molecule has 0 radical (unpaired) electrons. The van der Waals surface area contributed by atoms with Crippen molar-refractivity contribution in [3.05, 3.63) is 65.2 Å². The van der Waals surface area contributed by atoms with Crippen molar-refractivity contribution in [1.82, 2.24) is 4.90 Å². The second-order valence-corrected chi connectivity index (χ2v) is 9.38. The van der Waals surface area contributed by atoms with Gasteiger partial charge in [-0.3, -0.25) is 19.3 Å². The molecule has 3 amide bonds. The molecule has 0 bridgehead atoms. The molecule has 2 fully saturated rings. The number of carbonyl (C=O) groups excluding carboxylic acids is 3. The number of rotatable bonds is 5. The van der Waals surface area contributed by atoms with E-state index >= 15 is 0 Å². The van der Waals surface area contributed by atoms with Gasteiger partial charge in [-0.25, -0.2) is 0 Å². The van der Waals surface area contributed by atoms with E-state index in [1.54, 1.807) is 24.3 Å². The maximum atomic E-state index is 13.7. The van der Waals surface area contributed by atoms with E-state index in [4.69, 9.17) is 11.6 Å². The van der Waals surface area contributed by atoms with Crippen LogP contribution in [0.2, 0.25) is 5.02 Å². The van der Waals surface area contributed by atoms with Crippen molar-refractivity contribution in [1.29, 1.82) is 0 Å². The summed E-state index contributed by atoms with van der Waals surface area (Å²) >= 11 is 5.99. The lowest BCUT2D eigenvalue weighted by molar-refractivity contribution is -0.141. The van der Waals surface area contributed by atoms with Gasteiger partial charge in [0.1, 0.15) is 6.04 Å². The van der Waals surface area contributed by atoms with E-state index in [0.717, 1.165) is 29.7 Å². The molecule has 0 spiro atoms. The zero-order valence-corrected chi connectivity index (χ0v) is 19.4. The molecular formula is C26H26ClN3O3. The van der Waals surface area contributed by atoms with Crippen molar-refractivity contribution < 1.29 is 14.4 Å². The molecule has 3 aliphatic heterocycles. The number of benzene rings is 2. The van der Waals surface area contributed by atoms with Crippen molar-refractivity contribution in [2.45, 2.75) is 38.8 Å². The van der Waals surface area contributed by atoms with Crippen molar-refractivity contribution in [2.75, 3.05) is 16.8 Å².